The molecule has 138 valence electrons. The first-order valence-corrected chi connectivity index (χ1v) is 9.82. The summed E-state index contributed by atoms with van der Waals surface area (Å²) in [5.74, 6) is -1.16. The Balaban J connectivity index is 1.80. The van der Waals surface area contributed by atoms with E-state index in [1.165, 1.54) is 19.1 Å². The lowest BCUT2D eigenvalue weighted by molar-refractivity contribution is -0.153. The van der Waals surface area contributed by atoms with Crippen LogP contribution in [0, 0.1) is 6.92 Å². The average molecular weight is 368 g/mol. The van der Waals surface area contributed by atoms with Crippen molar-refractivity contribution in [1.29, 1.82) is 0 Å². The Bertz CT molecular complexity index is 709. The highest BCUT2D eigenvalue weighted by Gasteiger charge is 2.23. The highest BCUT2D eigenvalue weighted by molar-refractivity contribution is 7.89. The van der Waals surface area contributed by atoms with E-state index in [9.17, 15) is 18.0 Å². The van der Waals surface area contributed by atoms with E-state index in [0.717, 1.165) is 31.2 Å². The van der Waals surface area contributed by atoms with Crippen LogP contribution in [-0.2, 0) is 24.3 Å². The molecular formula is C17H24N2O5S. The quantitative estimate of drug-likeness (QED) is 0.706. The van der Waals surface area contributed by atoms with Crippen molar-refractivity contribution < 1.29 is 22.7 Å². The van der Waals surface area contributed by atoms with Crippen LogP contribution in [-0.4, -0.2) is 39.0 Å². The third-order valence-electron chi connectivity index (χ3n) is 4.12. The minimum atomic E-state index is -3.80. The van der Waals surface area contributed by atoms with Crippen molar-refractivity contribution >= 4 is 21.9 Å². The molecule has 8 heteroatoms. The van der Waals surface area contributed by atoms with E-state index in [1.807, 2.05) is 6.92 Å². The van der Waals surface area contributed by atoms with Gasteiger partial charge in [0.2, 0.25) is 10.0 Å². The fraction of sp³-hybridized carbons (Fsp3) is 0.529. The maximum absolute atomic E-state index is 12.1. The second-order valence-corrected chi connectivity index (χ2v) is 8.03. The number of hydrogen-bond donors (Lipinski definition) is 2. The zero-order valence-electron chi connectivity index (χ0n) is 14.4. The summed E-state index contributed by atoms with van der Waals surface area (Å²) in [7, 11) is -3.80. The van der Waals surface area contributed by atoms with E-state index in [0.29, 0.717) is 0 Å². The highest BCUT2D eigenvalue weighted by atomic mass is 32.2. The number of ether oxygens (including phenoxy) is 1. The maximum Gasteiger partial charge on any atom is 0.321 e. The number of sulfonamides is 1. The van der Waals surface area contributed by atoms with E-state index in [1.54, 1.807) is 12.1 Å². The molecular weight excluding hydrogens is 344 g/mol. The van der Waals surface area contributed by atoms with Gasteiger partial charge in [0.1, 0.15) is 6.54 Å². The van der Waals surface area contributed by atoms with Crippen LogP contribution in [0.15, 0.2) is 29.2 Å². The van der Waals surface area contributed by atoms with Gasteiger partial charge in [0, 0.05) is 6.04 Å². The van der Waals surface area contributed by atoms with Gasteiger partial charge in [-0.2, -0.15) is 4.72 Å². The lowest BCUT2D eigenvalue weighted by atomic mass is 10.2. The van der Waals surface area contributed by atoms with Gasteiger partial charge in [-0.1, -0.05) is 30.5 Å². The van der Waals surface area contributed by atoms with Gasteiger partial charge in [0.15, 0.2) is 6.10 Å². The first kappa shape index (κ1) is 19.4. The molecule has 1 aromatic rings. The van der Waals surface area contributed by atoms with E-state index >= 15 is 0 Å². The van der Waals surface area contributed by atoms with Gasteiger partial charge >= 0.3 is 5.97 Å². The summed E-state index contributed by atoms with van der Waals surface area (Å²) in [5, 5.41) is 2.83. The molecule has 1 aliphatic carbocycles. The number of amides is 1. The number of esters is 1. The summed E-state index contributed by atoms with van der Waals surface area (Å²) in [6, 6.07) is 6.39. The molecule has 25 heavy (non-hydrogen) atoms. The van der Waals surface area contributed by atoms with Gasteiger partial charge in [-0.15, -0.1) is 0 Å². The first-order valence-electron chi connectivity index (χ1n) is 8.34. The minimum Gasteiger partial charge on any atom is -0.452 e. The van der Waals surface area contributed by atoms with E-state index in [-0.39, 0.29) is 16.8 Å². The lowest BCUT2D eigenvalue weighted by Gasteiger charge is -2.17. The molecule has 1 aliphatic rings. The second kappa shape index (κ2) is 8.44. The number of carbonyl (C=O) groups is 2. The van der Waals surface area contributed by atoms with Crippen molar-refractivity contribution in [1.82, 2.24) is 10.0 Å². The molecule has 1 amide bonds. The third-order valence-corrected chi connectivity index (χ3v) is 5.53. The largest absolute Gasteiger partial charge is 0.452 e. The van der Waals surface area contributed by atoms with Gasteiger partial charge in [-0.05, 0) is 38.8 Å². The summed E-state index contributed by atoms with van der Waals surface area (Å²) in [4.78, 5) is 23.8. The van der Waals surface area contributed by atoms with Crippen molar-refractivity contribution in [2.24, 2.45) is 0 Å². The lowest BCUT2D eigenvalue weighted by Crippen LogP contribution is -2.42. The second-order valence-electron chi connectivity index (χ2n) is 6.26. The summed E-state index contributed by atoms with van der Waals surface area (Å²) < 4.78 is 31.4. The topological polar surface area (TPSA) is 102 Å². The Labute approximate surface area is 148 Å². The molecule has 7 nitrogen and oxygen atoms in total. The van der Waals surface area contributed by atoms with Crippen LogP contribution in [0.4, 0.5) is 0 Å². The maximum atomic E-state index is 12.1. The fourth-order valence-electron chi connectivity index (χ4n) is 2.64. The van der Waals surface area contributed by atoms with Crippen molar-refractivity contribution in [3.63, 3.8) is 0 Å². The monoisotopic (exact) mass is 368 g/mol. The van der Waals surface area contributed by atoms with E-state index in [4.69, 9.17) is 4.74 Å². The Hall–Kier alpha value is -1.93. The van der Waals surface area contributed by atoms with Gasteiger partial charge < -0.3 is 10.1 Å². The third kappa shape index (κ3) is 5.82. The van der Waals surface area contributed by atoms with Crippen molar-refractivity contribution in [2.45, 2.75) is 56.6 Å². The molecule has 0 aromatic heterocycles. The zero-order valence-corrected chi connectivity index (χ0v) is 15.3. The summed E-state index contributed by atoms with van der Waals surface area (Å²) >= 11 is 0. The van der Waals surface area contributed by atoms with Crippen LogP contribution in [0.3, 0.4) is 0 Å². The first-order chi connectivity index (χ1) is 11.8. The van der Waals surface area contributed by atoms with Crippen LogP contribution in [0.5, 0.6) is 0 Å². The number of benzene rings is 1. The Morgan fingerprint density at radius 3 is 2.40 bits per heavy atom. The van der Waals surface area contributed by atoms with Crippen LogP contribution in [0.1, 0.15) is 38.2 Å². The average Bonchev–Trinajstić information content (AvgIpc) is 3.06. The van der Waals surface area contributed by atoms with Crippen molar-refractivity contribution in [3.05, 3.63) is 29.8 Å². The summed E-state index contributed by atoms with van der Waals surface area (Å²) in [5.41, 5.74) is 0.931. The molecule has 1 fully saturated rings. The van der Waals surface area contributed by atoms with Crippen molar-refractivity contribution in [3.8, 4) is 0 Å². The molecule has 0 bridgehead atoms. The molecule has 1 atom stereocenters. The molecule has 2 rings (SSSR count). The molecule has 2 N–H and O–H groups in total. The van der Waals surface area contributed by atoms with Gasteiger partial charge in [-0.3, -0.25) is 9.59 Å². The fourth-order valence-corrected chi connectivity index (χ4v) is 3.60. The number of aryl methyl sites for hydroxylation is 1. The molecule has 0 heterocycles. The predicted octanol–water partition coefficient (Wildman–Crippen LogP) is 1.26. The molecule has 0 saturated heterocycles. The van der Waals surface area contributed by atoms with Gasteiger partial charge in [0.05, 0.1) is 4.90 Å². The Morgan fingerprint density at radius 2 is 1.80 bits per heavy atom. The number of nitrogens with one attached hydrogen (secondary N) is 2. The SMILES string of the molecule is Cc1ccc(S(=O)(=O)NCC(=O)O[C@H](C)C(=O)NC2CCCC2)cc1. The predicted molar refractivity (Wildman–Crippen MR) is 92.3 cm³/mol. The zero-order chi connectivity index (χ0) is 18.4. The van der Waals surface area contributed by atoms with E-state index in [2.05, 4.69) is 10.0 Å². The molecule has 0 radical (unpaired) electrons. The highest BCUT2D eigenvalue weighted by Crippen LogP contribution is 2.17. The van der Waals surface area contributed by atoms with Crippen LogP contribution >= 0.6 is 0 Å². The molecule has 0 unspecified atom stereocenters. The van der Waals surface area contributed by atoms with E-state index < -0.39 is 28.6 Å². The Morgan fingerprint density at radius 1 is 1.20 bits per heavy atom. The molecule has 1 saturated carbocycles. The van der Waals surface area contributed by atoms with Crippen molar-refractivity contribution in [2.75, 3.05) is 6.54 Å². The van der Waals surface area contributed by atoms with Crippen LogP contribution < -0.4 is 10.0 Å². The Kier molecular flexibility index (Phi) is 6.55. The molecule has 1 aromatic carbocycles. The summed E-state index contributed by atoms with van der Waals surface area (Å²) in [6.07, 6.45) is 3.07. The van der Waals surface area contributed by atoms with Gasteiger partial charge in [0.25, 0.3) is 5.91 Å². The van der Waals surface area contributed by atoms with Crippen LogP contribution in [0.2, 0.25) is 0 Å². The number of hydrogen-bond acceptors (Lipinski definition) is 5. The summed E-state index contributed by atoms with van der Waals surface area (Å²) in [6.45, 7) is 2.78. The number of rotatable bonds is 7. The minimum absolute atomic E-state index is 0.0675. The van der Waals surface area contributed by atoms with Crippen LogP contribution in [0.25, 0.3) is 0 Å². The molecule has 0 aliphatic heterocycles. The smallest absolute Gasteiger partial charge is 0.321 e. The van der Waals surface area contributed by atoms with Gasteiger partial charge in [-0.25, -0.2) is 8.42 Å². The molecule has 0 spiro atoms. The standard InChI is InChI=1S/C17H24N2O5S/c1-12-7-9-15(10-8-12)25(22,23)18-11-16(20)24-13(2)17(21)19-14-5-3-4-6-14/h7-10,13-14,18H,3-6,11H2,1-2H3,(H,19,21)/t13-/m1/s1. The number of carbonyl (C=O) groups excluding carboxylic acids is 2. The normalized spacial score (nSPS) is 16.4.